The van der Waals surface area contributed by atoms with Gasteiger partial charge >= 0.3 is 0 Å². The van der Waals surface area contributed by atoms with Crippen molar-refractivity contribution >= 4 is 22.4 Å². The van der Waals surface area contributed by atoms with Crippen LogP contribution < -0.4 is 14.8 Å². The molecule has 0 aliphatic rings. The minimum absolute atomic E-state index is 0.00864. The molecule has 24 heavy (non-hydrogen) atoms. The molecule has 6 nitrogen and oxygen atoms in total. The summed E-state index contributed by atoms with van der Waals surface area (Å²) < 4.78 is 10.5. The third-order valence-electron chi connectivity index (χ3n) is 3.67. The Morgan fingerprint density at radius 3 is 2.67 bits per heavy atom. The molecule has 0 fully saturated rings. The van der Waals surface area contributed by atoms with Gasteiger partial charge in [-0.2, -0.15) is 0 Å². The molecule has 2 rings (SSSR count). The molecule has 0 aliphatic carbocycles. The normalized spacial score (nSPS) is 11.8. The third kappa shape index (κ3) is 4.67. The van der Waals surface area contributed by atoms with E-state index >= 15 is 0 Å². The van der Waals surface area contributed by atoms with Crippen LogP contribution in [0.1, 0.15) is 37.3 Å². The first kappa shape index (κ1) is 18.2. The predicted octanol–water partition coefficient (Wildman–Crippen LogP) is 3.52. The van der Waals surface area contributed by atoms with Crippen LogP contribution in [0.25, 0.3) is 0 Å². The number of nitrogens with zero attached hydrogens (tertiary/aromatic N) is 2. The van der Waals surface area contributed by atoms with E-state index in [0.29, 0.717) is 23.1 Å². The van der Waals surface area contributed by atoms with Gasteiger partial charge in [-0.15, -0.1) is 10.2 Å². The molecule has 7 heteroatoms. The van der Waals surface area contributed by atoms with E-state index in [9.17, 15) is 4.79 Å². The van der Waals surface area contributed by atoms with Gasteiger partial charge in [0.25, 0.3) is 0 Å². The Morgan fingerprint density at radius 1 is 1.25 bits per heavy atom. The van der Waals surface area contributed by atoms with Gasteiger partial charge in [-0.25, -0.2) is 0 Å². The Morgan fingerprint density at radius 2 is 2.00 bits per heavy atom. The van der Waals surface area contributed by atoms with Gasteiger partial charge in [-0.3, -0.25) is 4.79 Å². The lowest BCUT2D eigenvalue weighted by Gasteiger charge is -2.08. The summed E-state index contributed by atoms with van der Waals surface area (Å²) in [6.45, 7) is 3.99. The summed E-state index contributed by atoms with van der Waals surface area (Å²) in [6, 6.07) is 5.75. The largest absolute Gasteiger partial charge is 0.493 e. The van der Waals surface area contributed by atoms with Crippen LogP contribution >= 0.6 is 11.3 Å². The molecule has 2 aromatic rings. The second kappa shape index (κ2) is 8.63. The van der Waals surface area contributed by atoms with E-state index < -0.39 is 0 Å². The zero-order chi connectivity index (χ0) is 17.5. The van der Waals surface area contributed by atoms with Gasteiger partial charge in [-0.1, -0.05) is 37.7 Å². The van der Waals surface area contributed by atoms with Crippen LogP contribution in [0.5, 0.6) is 11.5 Å². The fraction of sp³-hybridized carbons (Fsp3) is 0.471. The zero-order valence-corrected chi connectivity index (χ0v) is 15.3. The van der Waals surface area contributed by atoms with Crippen molar-refractivity contribution in [3.63, 3.8) is 0 Å². The Labute approximate surface area is 146 Å². The average molecular weight is 349 g/mol. The van der Waals surface area contributed by atoms with E-state index in [2.05, 4.69) is 22.4 Å². The number of benzene rings is 1. The second-order valence-electron chi connectivity index (χ2n) is 5.55. The van der Waals surface area contributed by atoms with Crippen molar-refractivity contribution in [3.05, 3.63) is 28.8 Å². The summed E-state index contributed by atoms with van der Waals surface area (Å²) in [6.07, 6.45) is 2.47. The number of rotatable bonds is 8. The standard InChI is InChI=1S/C17H23N3O3S/c1-5-6-11(2)16(21)18-17-20-19-15(24-17)10-12-7-8-13(22-3)14(9-12)23-4/h7-9,11H,5-6,10H2,1-4H3,(H,18,20,21)/t11-/m1/s1. The van der Waals surface area contributed by atoms with E-state index in [1.807, 2.05) is 25.1 Å². The van der Waals surface area contributed by atoms with Crippen molar-refractivity contribution in [3.8, 4) is 11.5 Å². The monoisotopic (exact) mass is 349 g/mol. The van der Waals surface area contributed by atoms with Crippen molar-refractivity contribution in [2.45, 2.75) is 33.1 Å². The number of amides is 1. The summed E-state index contributed by atoms with van der Waals surface area (Å²) >= 11 is 1.39. The van der Waals surface area contributed by atoms with Crippen molar-refractivity contribution in [1.29, 1.82) is 0 Å². The maximum absolute atomic E-state index is 12.0. The molecule has 0 saturated carbocycles. The molecular formula is C17H23N3O3S. The number of hydrogen-bond donors (Lipinski definition) is 1. The summed E-state index contributed by atoms with van der Waals surface area (Å²) in [5.74, 6) is 1.34. The van der Waals surface area contributed by atoms with Crippen LogP contribution in [0.2, 0.25) is 0 Å². The van der Waals surface area contributed by atoms with Gasteiger partial charge in [0, 0.05) is 12.3 Å². The van der Waals surface area contributed by atoms with E-state index in [-0.39, 0.29) is 11.8 Å². The van der Waals surface area contributed by atoms with Gasteiger partial charge in [0.2, 0.25) is 11.0 Å². The number of nitrogens with one attached hydrogen (secondary N) is 1. The van der Waals surface area contributed by atoms with E-state index in [0.717, 1.165) is 23.4 Å². The van der Waals surface area contributed by atoms with E-state index in [1.54, 1.807) is 14.2 Å². The molecule has 1 aromatic heterocycles. The number of aromatic nitrogens is 2. The Kier molecular flexibility index (Phi) is 6.54. The number of hydrogen-bond acceptors (Lipinski definition) is 6. The van der Waals surface area contributed by atoms with Crippen LogP contribution in [-0.4, -0.2) is 30.3 Å². The smallest absolute Gasteiger partial charge is 0.229 e. The van der Waals surface area contributed by atoms with Crippen molar-refractivity contribution < 1.29 is 14.3 Å². The predicted molar refractivity (Wildman–Crippen MR) is 95.0 cm³/mol. The molecule has 1 amide bonds. The summed E-state index contributed by atoms with van der Waals surface area (Å²) in [4.78, 5) is 12.0. The number of methoxy groups -OCH3 is 2. The average Bonchev–Trinajstić information content (AvgIpc) is 3.01. The summed E-state index contributed by atoms with van der Waals surface area (Å²) in [7, 11) is 3.22. The Bertz CT molecular complexity index is 687. The first-order valence-corrected chi connectivity index (χ1v) is 8.73. The summed E-state index contributed by atoms with van der Waals surface area (Å²) in [5, 5.41) is 12.4. The minimum Gasteiger partial charge on any atom is -0.493 e. The molecule has 1 N–H and O–H groups in total. The highest BCUT2D eigenvalue weighted by molar-refractivity contribution is 7.15. The summed E-state index contributed by atoms with van der Waals surface area (Å²) in [5.41, 5.74) is 1.04. The van der Waals surface area contributed by atoms with Crippen LogP contribution in [0, 0.1) is 5.92 Å². The highest BCUT2D eigenvalue weighted by atomic mass is 32.1. The lowest BCUT2D eigenvalue weighted by molar-refractivity contribution is -0.119. The van der Waals surface area contributed by atoms with Gasteiger partial charge in [0.05, 0.1) is 14.2 Å². The molecule has 0 spiro atoms. The first-order valence-electron chi connectivity index (χ1n) is 7.91. The SMILES string of the molecule is CCC[C@@H](C)C(=O)Nc1nnc(Cc2ccc(OC)c(OC)c2)s1. The van der Waals surface area contributed by atoms with Gasteiger partial charge in [-0.05, 0) is 24.1 Å². The molecule has 0 unspecified atom stereocenters. The number of ether oxygens (including phenoxy) is 2. The molecule has 1 aromatic carbocycles. The molecule has 0 aliphatic heterocycles. The molecule has 0 radical (unpaired) electrons. The molecule has 1 heterocycles. The van der Waals surface area contributed by atoms with Crippen LogP contribution in [-0.2, 0) is 11.2 Å². The quantitative estimate of drug-likeness (QED) is 0.789. The van der Waals surface area contributed by atoms with Gasteiger partial charge in [0.1, 0.15) is 5.01 Å². The fourth-order valence-corrected chi connectivity index (χ4v) is 3.11. The van der Waals surface area contributed by atoms with Crippen molar-refractivity contribution in [1.82, 2.24) is 10.2 Å². The van der Waals surface area contributed by atoms with Crippen LogP contribution in [0.15, 0.2) is 18.2 Å². The Balaban J connectivity index is 2.02. The van der Waals surface area contributed by atoms with Gasteiger partial charge < -0.3 is 14.8 Å². The number of carbonyl (C=O) groups is 1. The van der Waals surface area contributed by atoms with E-state index in [1.165, 1.54) is 11.3 Å². The topological polar surface area (TPSA) is 73.3 Å². The van der Waals surface area contributed by atoms with E-state index in [4.69, 9.17) is 9.47 Å². The highest BCUT2D eigenvalue weighted by Crippen LogP contribution is 2.29. The molecule has 0 saturated heterocycles. The van der Waals surface area contributed by atoms with Crippen LogP contribution in [0.4, 0.5) is 5.13 Å². The zero-order valence-electron chi connectivity index (χ0n) is 14.5. The van der Waals surface area contributed by atoms with Gasteiger partial charge in [0.15, 0.2) is 11.5 Å². The maximum atomic E-state index is 12.0. The number of anilines is 1. The lowest BCUT2D eigenvalue weighted by Crippen LogP contribution is -2.20. The molecular weight excluding hydrogens is 326 g/mol. The molecule has 1 atom stereocenters. The molecule has 130 valence electrons. The van der Waals surface area contributed by atoms with Crippen molar-refractivity contribution in [2.75, 3.05) is 19.5 Å². The molecule has 0 bridgehead atoms. The first-order chi connectivity index (χ1) is 11.6. The second-order valence-corrected chi connectivity index (χ2v) is 6.61. The lowest BCUT2D eigenvalue weighted by atomic mass is 10.1. The van der Waals surface area contributed by atoms with Crippen molar-refractivity contribution in [2.24, 2.45) is 5.92 Å². The maximum Gasteiger partial charge on any atom is 0.229 e. The minimum atomic E-state index is -0.0202. The highest BCUT2D eigenvalue weighted by Gasteiger charge is 2.15. The third-order valence-corrected chi connectivity index (χ3v) is 4.51. The van der Waals surface area contributed by atoms with Crippen LogP contribution in [0.3, 0.4) is 0 Å². The Hall–Kier alpha value is -2.15. The number of carbonyl (C=O) groups excluding carboxylic acids is 1. The fourth-order valence-electron chi connectivity index (χ4n) is 2.33.